The third-order valence-corrected chi connectivity index (χ3v) is 6.96. The lowest BCUT2D eigenvalue weighted by molar-refractivity contribution is -0.201. The summed E-state index contributed by atoms with van der Waals surface area (Å²) in [6, 6.07) is 0. The van der Waals surface area contributed by atoms with E-state index in [2.05, 4.69) is 11.5 Å². The van der Waals surface area contributed by atoms with E-state index in [4.69, 9.17) is 10.4 Å². The van der Waals surface area contributed by atoms with Gasteiger partial charge in [-0.1, -0.05) is 6.58 Å². The lowest BCUT2D eigenvalue weighted by Crippen LogP contribution is -2.14. The zero-order valence-electron chi connectivity index (χ0n) is 12.4. The van der Waals surface area contributed by atoms with Crippen molar-refractivity contribution < 1.29 is 25.2 Å². The topological polar surface area (TPSA) is 87.0 Å². The first-order chi connectivity index (χ1) is 10.6. The quantitative estimate of drug-likeness (QED) is 0.160. The number of aliphatic hydroxyl groups excluding tert-OH is 1. The fourth-order valence-electron chi connectivity index (χ4n) is 1.20. The third kappa shape index (κ3) is 16.7. The number of aliphatic hydroxyl groups is 1. The molecule has 1 unspecified atom stereocenters. The van der Waals surface area contributed by atoms with E-state index < -0.39 is 5.97 Å². The molecule has 9 heteroatoms. The van der Waals surface area contributed by atoms with Crippen LogP contribution in [0.15, 0.2) is 12.3 Å². The fraction of sp³-hybridized carbons (Fsp3) is 0.769. The third-order valence-electron chi connectivity index (χ3n) is 2.22. The van der Waals surface area contributed by atoms with Gasteiger partial charge in [0.05, 0.1) is 18.3 Å². The van der Waals surface area contributed by atoms with Crippen LogP contribution < -0.4 is 0 Å². The molecule has 0 aliphatic rings. The molecule has 0 bridgehead atoms. The maximum atomic E-state index is 10.3. The van der Waals surface area contributed by atoms with Crippen molar-refractivity contribution in [2.24, 2.45) is 0 Å². The van der Waals surface area contributed by atoms with Crippen molar-refractivity contribution in [3.05, 3.63) is 12.3 Å². The Balaban J connectivity index is 3.24. The van der Waals surface area contributed by atoms with Gasteiger partial charge >= 0.3 is 5.97 Å². The number of hydrogen-bond acceptors (Lipinski definition) is 8. The number of thioether (sulfide) groups is 4. The number of carboxylic acids is 1. The van der Waals surface area contributed by atoms with E-state index in [0.29, 0.717) is 17.3 Å². The lowest BCUT2D eigenvalue weighted by Gasteiger charge is -2.10. The summed E-state index contributed by atoms with van der Waals surface area (Å²) in [6.07, 6.45) is -0.0931. The maximum absolute atomic E-state index is 10.3. The molecule has 130 valence electrons. The molecule has 0 saturated carbocycles. The second-order valence-electron chi connectivity index (χ2n) is 4.24. The highest BCUT2D eigenvalue weighted by molar-refractivity contribution is 8.03. The van der Waals surface area contributed by atoms with Crippen molar-refractivity contribution in [1.29, 1.82) is 0 Å². The first kappa shape index (κ1) is 22.3. The monoisotopic (exact) mass is 388 g/mol. The highest BCUT2D eigenvalue weighted by Gasteiger charge is 2.05. The van der Waals surface area contributed by atoms with Gasteiger partial charge < -0.3 is 15.1 Å². The van der Waals surface area contributed by atoms with Crippen LogP contribution >= 0.6 is 47.0 Å². The van der Waals surface area contributed by atoms with Crippen molar-refractivity contribution >= 4 is 53.0 Å². The summed E-state index contributed by atoms with van der Waals surface area (Å²) >= 11 is 6.68. The summed E-state index contributed by atoms with van der Waals surface area (Å²) in [5.74, 6) is 5.99. The van der Waals surface area contributed by atoms with Gasteiger partial charge in [-0.25, -0.2) is 5.26 Å². The van der Waals surface area contributed by atoms with Crippen LogP contribution in [-0.4, -0.2) is 73.6 Å². The zero-order chi connectivity index (χ0) is 16.6. The van der Waals surface area contributed by atoms with Gasteiger partial charge in [-0.15, -0.1) is 0 Å². The largest absolute Gasteiger partial charge is 0.481 e. The van der Waals surface area contributed by atoms with Gasteiger partial charge in [0, 0.05) is 40.3 Å². The molecular weight excluding hydrogens is 364 g/mol. The van der Waals surface area contributed by atoms with Gasteiger partial charge in [-0.3, -0.25) is 4.79 Å². The van der Waals surface area contributed by atoms with Crippen LogP contribution in [0.2, 0.25) is 0 Å². The zero-order valence-corrected chi connectivity index (χ0v) is 15.7. The summed E-state index contributed by atoms with van der Waals surface area (Å²) in [5, 5.41) is 26.6. The molecule has 22 heavy (non-hydrogen) atoms. The Hall–Kier alpha value is 0.330. The van der Waals surface area contributed by atoms with E-state index in [-0.39, 0.29) is 12.5 Å². The van der Waals surface area contributed by atoms with E-state index in [0.717, 1.165) is 34.5 Å². The first-order valence-electron chi connectivity index (χ1n) is 6.76. The maximum Gasteiger partial charge on any atom is 0.304 e. The van der Waals surface area contributed by atoms with Crippen LogP contribution in [0.4, 0.5) is 0 Å². The van der Waals surface area contributed by atoms with Crippen LogP contribution in [0.5, 0.6) is 0 Å². The Kier molecular flexibility index (Phi) is 16.4. The summed E-state index contributed by atoms with van der Waals surface area (Å²) in [4.78, 5) is 14.3. The molecule has 0 amide bonds. The lowest BCUT2D eigenvalue weighted by atomic mass is 10.5. The second-order valence-corrected chi connectivity index (χ2v) is 8.87. The minimum Gasteiger partial charge on any atom is -0.481 e. The number of carboxylic acid groups (broad SMARTS) is 1. The van der Waals surface area contributed by atoms with Gasteiger partial charge in [0.1, 0.15) is 5.76 Å². The van der Waals surface area contributed by atoms with Crippen LogP contribution in [-0.2, 0) is 9.68 Å². The molecule has 5 nitrogen and oxygen atoms in total. The standard InChI is InChI=1S/C13H24O5S4/c1-11(18-17)8-20-6-7-22-10-12(14)9-21-5-4-19-3-2-13(15)16/h12,14,17H,1-10H2,(H,15,16). The summed E-state index contributed by atoms with van der Waals surface area (Å²) in [7, 11) is 0. The molecule has 0 aromatic carbocycles. The van der Waals surface area contributed by atoms with Gasteiger partial charge in [0.25, 0.3) is 0 Å². The van der Waals surface area contributed by atoms with Crippen LogP contribution in [0, 0.1) is 0 Å². The number of aliphatic carboxylic acids is 1. The molecular formula is C13H24O5S4. The normalized spacial score (nSPS) is 12.1. The summed E-state index contributed by atoms with van der Waals surface area (Å²) in [6.45, 7) is 3.51. The highest BCUT2D eigenvalue weighted by Crippen LogP contribution is 2.14. The SMILES string of the molecule is C=C(CSCCSCC(O)CSCCSCCC(=O)O)OO. The molecule has 0 aromatic rings. The predicted octanol–water partition coefficient (Wildman–Crippen LogP) is 2.76. The van der Waals surface area contributed by atoms with Crippen molar-refractivity contribution in [3.8, 4) is 0 Å². The van der Waals surface area contributed by atoms with Crippen LogP contribution in [0.25, 0.3) is 0 Å². The Morgan fingerprint density at radius 1 is 1.00 bits per heavy atom. The second kappa shape index (κ2) is 16.2. The van der Waals surface area contributed by atoms with Gasteiger partial charge in [0.15, 0.2) is 0 Å². The highest BCUT2D eigenvalue weighted by atomic mass is 32.2. The Labute approximate surface area is 149 Å². The molecule has 0 aromatic heterocycles. The Morgan fingerprint density at radius 3 is 2.09 bits per heavy atom. The first-order valence-corrected chi connectivity index (χ1v) is 11.4. The average Bonchev–Trinajstić information content (AvgIpc) is 2.49. The number of rotatable bonds is 16. The van der Waals surface area contributed by atoms with E-state index in [1.54, 1.807) is 47.0 Å². The van der Waals surface area contributed by atoms with E-state index in [1.165, 1.54) is 0 Å². The molecule has 1 atom stereocenters. The number of carbonyl (C=O) groups is 1. The van der Waals surface area contributed by atoms with Gasteiger partial charge in [-0.05, 0) is 0 Å². The predicted molar refractivity (Wildman–Crippen MR) is 100 cm³/mol. The smallest absolute Gasteiger partial charge is 0.304 e. The molecule has 0 aliphatic heterocycles. The van der Waals surface area contributed by atoms with E-state index in [9.17, 15) is 9.90 Å². The van der Waals surface area contributed by atoms with Crippen molar-refractivity contribution in [2.45, 2.75) is 12.5 Å². The molecule has 0 fully saturated rings. The van der Waals surface area contributed by atoms with Gasteiger partial charge in [-0.2, -0.15) is 47.0 Å². The van der Waals surface area contributed by atoms with Crippen molar-refractivity contribution in [3.63, 3.8) is 0 Å². The molecule has 0 spiro atoms. The Morgan fingerprint density at radius 2 is 1.55 bits per heavy atom. The van der Waals surface area contributed by atoms with E-state index >= 15 is 0 Å². The Bertz CT molecular complexity index is 304. The van der Waals surface area contributed by atoms with E-state index in [1.807, 2.05) is 0 Å². The molecule has 0 rings (SSSR count). The molecule has 0 radical (unpaired) electrons. The fourth-order valence-corrected chi connectivity index (χ4v) is 5.29. The minimum atomic E-state index is -0.751. The van der Waals surface area contributed by atoms with Gasteiger partial charge in [0.2, 0.25) is 0 Å². The van der Waals surface area contributed by atoms with Crippen molar-refractivity contribution in [1.82, 2.24) is 0 Å². The average molecular weight is 389 g/mol. The molecule has 0 saturated heterocycles. The number of hydrogen-bond donors (Lipinski definition) is 3. The van der Waals surface area contributed by atoms with Crippen molar-refractivity contribution in [2.75, 3.05) is 46.0 Å². The summed E-state index contributed by atoms with van der Waals surface area (Å²) < 4.78 is 0. The molecule has 3 N–H and O–H groups in total. The van der Waals surface area contributed by atoms with Crippen LogP contribution in [0.3, 0.4) is 0 Å². The molecule has 0 heterocycles. The summed E-state index contributed by atoms with van der Waals surface area (Å²) in [5.41, 5.74) is 0. The minimum absolute atomic E-state index is 0.213. The molecule has 0 aliphatic carbocycles. The van der Waals surface area contributed by atoms with Crippen LogP contribution in [0.1, 0.15) is 6.42 Å².